The Morgan fingerprint density at radius 2 is 1.37 bits per heavy atom. The van der Waals surface area contributed by atoms with E-state index in [1.54, 1.807) is 30.3 Å². The van der Waals surface area contributed by atoms with Crippen LogP contribution in [0.3, 0.4) is 0 Å². The maximum atomic E-state index is 11.9. The van der Waals surface area contributed by atoms with E-state index in [0.29, 0.717) is 17.2 Å². The lowest BCUT2D eigenvalue weighted by atomic mass is 10.1. The van der Waals surface area contributed by atoms with E-state index in [1.807, 2.05) is 13.8 Å². The largest absolute Gasteiger partial charge is 0.465 e. The second-order valence-corrected chi connectivity index (χ2v) is 5.96. The summed E-state index contributed by atoms with van der Waals surface area (Å²) in [6.45, 7) is 3.62. The van der Waals surface area contributed by atoms with Crippen LogP contribution in [0.5, 0.6) is 11.5 Å². The maximum absolute atomic E-state index is 11.9. The molecule has 0 saturated heterocycles. The summed E-state index contributed by atoms with van der Waals surface area (Å²) in [7, 11) is 2.45. The SMILES string of the molecule is COC(=O)c1ccc(Oc2ccc(NC(=O)C(C)C)cc2)cc1C(=O)OC. The molecule has 142 valence electrons. The molecule has 0 aliphatic carbocycles. The van der Waals surface area contributed by atoms with Crippen LogP contribution in [-0.2, 0) is 14.3 Å². The van der Waals surface area contributed by atoms with Crippen LogP contribution in [-0.4, -0.2) is 32.1 Å². The van der Waals surface area contributed by atoms with Crippen molar-refractivity contribution >= 4 is 23.5 Å². The Morgan fingerprint density at radius 3 is 1.93 bits per heavy atom. The van der Waals surface area contributed by atoms with Crippen molar-refractivity contribution in [2.24, 2.45) is 5.92 Å². The first-order valence-electron chi connectivity index (χ1n) is 8.25. The fourth-order valence-corrected chi connectivity index (χ4v) is 2.18. The third-order valence-electron chi connectivity index (χ3n) is 3.68. The number of anilines is 1. The minimum Gasteiger partial charge on any atom is -0.465 e. The molecule has 0 atom stereocenters. The van der Waals surface area contributed by atoms with Gasteiger partial charge in [-0.25, -0.2) is 9.59 Å². The molecule has 0 fully saturated rings. The van der Waals surface area contributed by atoms with E-state index < -0.39 is 11.9 Å². The predicted molar refractivity (Wildman–Crippen MR) is 99.1 cm³/mol. The number of carbonyl (C=O) groups excluding carboxylic acids is 3. The number of hydrogen-bond donors (Lipinski definition) is 1. The molecule has 27 heavy (non-hydrogen) atoms. The zero-order valence-corrected chi connectivity index (χ0v) is 15.6. The Hall–Kier alpha value is -3.35. The Labute approximate surface area is 157 Å². The molecule has 0 unspecified atom stereocenters. The molecule has 1 amide bonds. The number of amides is 1. The second kappa shape index (κ2) is 8.84. The van der Waals surface area contributed by atoms with E-state index in [1.165, 1.54) is 26.4 Å². The number of nitrogens with one attached hydrogen (secondary N) is 1. The van der Waals surface area contributed by atoms with Gasteiger partial charge < -0.3 is 19.5 Å². The summed E-state index contributed by atoms with van der Waals surface area (Å²) in [6.07, 6.45) is 0. The topological polar surface area (TPSA) is 90.9 Å². The lowest BCUT2D eigenvalue weighted by molar-refractivity contribution is -0.118. The molecule has 2 aromatic carbocycles. The van der Waals surface area contributed by atoms with Crippen molar-refractivity contribution in [1.29, 1.82) is 0 Å². The van der Waals surface area contributed by atoms with Gasteiger partial charge in [-0.1, -0.05) is 13.8 Å². The van der Waals surface area contributed by atoms with Crippen LogP contribution in [0, 0.1) is 5.92 Å². The summed E-state index contributed by atoms with van der Waals surface area (Å²) in [4.78, 5) is 35.4. The predicted octanol–water partition coefficient (Wildman–Crippen LogP) is 3.65. The average molecular weight is 371 g/mol. The molecular formula is C20H21NO6. The molecule has 0 spiro atoms. The first-order chi connectivity index (χ1) is 12.8. The number of carbonyl (C=O) groups is 3. The van der Waals surface area contributed by atoms with Crippen LogP contribution >= 0.6 is 0 Å². The van der Waals surface area contributed by atoms with Crippen LogP contribution < -0.4 is 10.1 Å². The molecule has 2 rings (SSSR count). The van der Waals surface area contributed by atoms with Gasteiger partial charge in [0.2, 0.25) is 5.91 Å². The normalized spacial score (nSPS) is 10.3. The Morgan fingerprint density at radius 1 is 0.815 bits per heavy atom. The van der Waals surface area contributed by atoms with Crippen molar-refractivity contribution in [3.05, 3.63) is 53.6 Å². The van der Waals surface area contributed by atoms with Gasteiger partial charge in [0.25, 0.3) is 0 Å². The molecule has 0 bridgehead atoms. The van der Waals surface area contributed by atoms with Gasteiger partial charge in [-0.3, -0.25) is 4.79 Å². The van der Waals surface area contributed by atoms with Gasteiger partial charge in [0.1, 0.15) is 11.5 Å². The van der Waals surface area contributed by atoms with E-state index in [2.05, 4.69) is 10.1 Å². The third-order valence-corrected chi connectivity index (χ3v) is 3.68. The summed E-state index contributed by atoms with van der Waals surface area (Å²) < 4.78 is 15.1. The standard InChI is InChI=1S/C20H21NO6/c1-12(2)18(22)21-13-5-7-14(8-6-13)27-15-9-10-16(19(23)25-3)17(11-15)20(24)26-4/h5-12H,1-4H3,(H,21,22). The van der Waals surface area contributed by atoms with Crippen LogP contribution in [0.4, 0.5) is 5.69 Å². The molecule has 7 heteroatoms. The summed E-state index contributed by atoms with van der Waals surface area (Å²) in [5.74, 6) is -0.670. The number of rotatable bonds is 6. The monoisotopic (exact) mass is 371 g/mol. The highest BCUT2D eigenvalue weighted by molar-refractivity contribution is 6.03. The van der Waals surface area contributed by atoms with E-state index in [0.717, 1.165) is 0 Å². The second-order valence-electron chi connectivity index (χ2n) is 5.96. The van der Waals surface area contributed by atoms with Crippen molar-refractivity contribution in [3.8, 4) is 11.5 Å². The number of hydrogen-bond acceptors (Lipinski definition) is 6. The molecule has 1 N–H and O–H groups in total. The molecule has 0 heterocycles. The molecule has 0 saturated carbocycles. The molecule has 2 aromatic rings. The number of methoxy groups -OCH3 is 2. The number of esters is 2. The minimum absolute atomic E-state index is 0.0441. The number of ether oxygens (including phenoxy) is 3. The van der Waals surface area contributed by atoms with Gasteiger partial charge in [-0.2, -0.15) is 0 Å². The van der Waals surface area contributed by atoms with Crippen LogP contribution in [0.25, 0.3) is 0 Å². The van der Waals surface area contributed by atoms with Crippen molar-refractivity contribution in [2.75, 3.05) is 19.5 Å². The summed E-state index contributed by atoms with van der Waals surface area (Å²) in [6, 6.07) is 11.2. The van der Waals surface area contributed by atoms with E-state index in [-0.39, 0.29) is 23.0 Å². The Bertz CT molecular complexity index is 842. The highest BCUT2D eigenvalue weighted by Gasteiger charge is 2.19. The van der Waals surface area contributed by atoms with Gasteiger partial charge in [0, 0.05) is 11.6 Å². The fourth-order valence-electron chi connectivity index (χ4n) is 2.18. The van der Waals surface area contributed by atoms with Crippen molar-refractivity contribution in [1.82, 2.24) is 0 Å². The maximum Gasteiger partial charge on any atom is 0.338 e. The van der Waals surface area contributed by atoms with Crippen molar-refractivity contribution < 1.29 is 28.6 Å². The highest BCUT2D eigenvalue weighted by atomic mass is 16.5. The Balaban J connectivity index is 2.20. The van der Waals surface area contributed by atoms with Crippen molar-refractivity contribution in [3.63, 3.8) is 0 Å². The molecule has 7 nitrogen and oxygen atoms in total. The first-order valence-corrected chi connectivity index (χ1v) is 8.25. The number of benzene rings is 2. The van der Waals surface area contributed by atoms with Gasteiger partial charge >= 0.3 is 11.9 Å². The summed E-state index contributed by atoms with van der Waals surface area (Å²) in [5, 5.41) is 2.78. The molecule has 0 aliphatic rings. The minimum atomic E-state index is -0.674. The van der Waals surface area contributed by atoms with Gasteiger partial charge in [-0.05, 0) is 42.5 Å². The van der Waals surface area contributed by atoms with Crippen LogP contribution in [0.2, 0.25) is 0 Å². The Kier molecular flexibility index (Phi) is 6.54. The molecule has 0 aliphatic heterocycles. The fraction of sp³-hybridized carbons (Fsp3) is 0.250. The summed E-state index contributed by atoms with van der Waals surface area (Å²) in [5.41, 5.74) is 0.781. The zero-order chi connectivity index (χ0) is 20.0. The molecule has 0 aromatic heterocycles. The first kappa shape index (κ1) is 20.0. The molecule has 0 radical (unpaired) electrons. The van der Waals surface area contributed by atoms with Crippen LogP contribution in [0.1, 0.15) is 34.6 Å². The van der Waals surface area contributed by atoms with Gasteiger partial charge in [0.05, 0.1) is 25.3 Å². The van der Waals surface area contributed by atoms with E-state index >= 15 is 0 Å². The lowest BCUT2D eigenvalue weighted by Crippen LogP contribution is -2.17. The lowest BCUT2D eigenvalue weighted by Gasteiger charge is -2.11. The highest BCUT2D eigenvalue weighted by Crippen LogP contribution is 2.26. The van der Waals surface area contributed by atoms with Crippen molar-refractivity contribution in [2.45, 2.75) is 13.8 Å². The quantitative estimate of drug-likeness (QED) is 0.780. The summed E-state index contributed by atoms with van der Waals surface area (Å²) >= 11 is 0. The smallest absolute Gasteiger partial charge is 0.338 e. The van der Waals surface area contributed by atoms with Crippen LogP contribution in [0.15, 0.2) is 42.5 Å². The average Bonchev–Trinajstić information content (AvgIpc) is 2.68. The van der Waals surface area contributed by atoms with E-state index in [4.69, 9.17) is 9.47 Å². The van der Waals surface area contributed by atoms with E-state index in [9.17, 15) is 14.4 Å². The molecular weight excluding hydrogens is 350 g/mol. The van der Waals surface area contributed by atoms with Gasteiger partial charge in [0.15, 0.2) is 0 Å². The third kappa shape index (κ3) is 5.07. The van der Waals surface area contributed by atoms with Gasteiger partial charge in [-0.15, -0.1) is 0 Å². The zero-order valence-electron chi connectivity index (χ0n) is 15.6.